The molecular weight excluding hydrogens is 172 g/mol. The van der Waals surface area contributed by atoms with Gasteiger partial charge in [0.1, 0.15) is 0 Å². The molecule has 0 spiro atoms. The maximum Gasteiger partial charge on any atom is 0.158 e. The van der Waals surface area contributed by atoms with Crippen LogP contribution in [0.2, 0.25) is 0 Å². The lowest BCUT2D eigenvalue weighted by Gasteiger charge is -2.28. The van der Waals surface area contributed by atoms with E-state index < -0.39 is 0 Å². The fraction of sp³-hybridized carbons (Fsp3) is 0.875. The molecule has 1 N–H and O–H groups in total. The molecule has 0 aromatic rings. The Kier molecular flexibility index (Phi) is 3.40. The Bertz CT molecular complexity index is 180. The second-order valence-electron chi connectivity index (χ2n) is 3.69. The van der Waals surface area contributed by atoms with Crippen LogP contribution in [0.15, 0.2) is 4.99 Å². The van der Waals surface area contributed by atoms with Gasteiger partial charge in [-0.2, -0.15) is 0 Å². The van der Waals surface area contributed by atoms with Crippen molar-refractivity contribution in [2.75, 3.05) is 26.1 Å². The first-order chi connectivity index (χ1) is 5.64. The molecule has 0 amide bonds. The number of aliphatic imine (C=N–C) groups is 1. The van der Waals surface area contributed by atoms with Crippen molar-refractivity contribution in [3.8, 4) is 0 Å². The lowest BCUT2D eigenvalue weighted by atomic mass is 9.93. The molecule has 1 rings (SSSR count). The summed E-state index contributed by atoms with van der Waals surface area (Å²) in [6.45, 7) is 6.33. The highest BCUT2D eigenvalue weighted by atomic mass is 32.2. The van der Waals surface area contributed by atoms with E-state index in [4.69, 9.17) is 4.74 Å². The number of ether oxygens (including phenoxy) is 1. The van der Waals surface area contributed by atoms with Crippen molar-refractivity contribution in [1.82, 2.24) is 5.32 Å². The summed E-state index contributed by atoms with van der Waals surface area (Å²) in [5, 5.41) is 4.29. The number of methoxy groups -OCH3 is 1. The van der Waals surface area contributed by atoms with Crippen LogP contribution in [0.25, 0.3) is 0 Å². The second-order valence-corrected chi connectivity index (χ2v) is 4.60. The summed E-state index contributed by atoms with van der Waals surface area (Å²) in [4.78, 5) is 4.41. The number of hydrogen-bond donors (Lipinski definition) is 1. The summed E-state index contributed by atoms with van der Waals surface area (Å²) in [6, 6.07) is 0. The monoisotopic (exact) mass is 188 g/mol. The Morgan fingerprint density at radius 3 is 2.92 bits per heavy atom. The van der Waals surface area contributed by atoms with E-state index in [9.17, 15) is 0 Å². The summed E-state index contributed by atoms with van der Waals surface area (Å²) in [5.41, 5.74) is 0.303. The van der Waals surface area contributed by atoms with Crippen molar-refractivity contribution in [1.29, 1.82) is 0 Å². The molecular formula is C8H16N2OS. The summed E-state index contributed by atoms with van der Waals surface area (Å²) in [5.74, 6) is 0.673. The van der Waals surface area contributed by atoms with Crippen LogP contribution >= 0.6 is 11.8 Å². The highest BCUT2D eigenvalue weighted by Crippen LogP contribution is 2.19. The Hall–Kier alpha value is -0.220. The molecule has 0 unspecified atom stereocenters. The zero-order chi connectivity index (χ0) is 9.03. The standard InChI is InChI=1S/C8H16N2OS/c1-8(2)4-9-7(10-5-8)12-6-11-3/h4-6H2,1-3H3,(H,9,10). The molecule has 0 atom stereocenters. The summed E-state index contributed by atoms with van der Waals surface area (Å²) in [6.07, 6.45) is 0. The van der Waals surface area contributed by atoms with Crippen LogP contribution < -0.4 is 5.32 Å². The molecule has 0 fully saturated rings. The Morgan fingerprint density at radius 2 is 2.42 bits per heavy atom. The van der Waals surface area contributed by atoms with E-state index in [0.29, 0.717) is 11.4 Å². The summed E-state index contributed by atoms with van der Waals surface area (Å²) < 4.78 is 4.94. The fourth-order valence-electron chi connectivity index (χ4n) is 0.924. The van der Waals surface area contributed by atoms with Crippen LogP contribution in [-0.4, -0.2) is 31.3 Å². The van der Waals surface area contributed by atoms with E-state index in [0.717, 1.165) is 18.3 Å². The van der Waals surface area contributed by atoms with Crippen molar-refractivity contribution in [2.45, 2.75) is 13.8 Å². The number of rotatable bonds is 2. The molecule has 0 aromatic heterocycles. The normalized spacial score (nSPS) is 21.4. The maximum atomic E-state index is 4.94. The molecule has 0 saturated carbocycles. The average molecular weight is 188 g/mol. The predicted octanol–water partition coefficient (Wildman–Crippen LogP) is 1.31. The minimum absolute atomic E-state index is 0.303. The van der Waals surface area contributed by atoms with E-state index >= 15 is 0 Å². The topological polar surface area (TPSA) is 33.6 Å². The van der Waals surface area contributed by atoms with Crippen LogP contribution in [0.5, 0.6) is 0 Å². The van der Waals surface area contributed by atoms with Gasteiger partial charge in [0.2, 0.25) is 0 Å². The Labute approximate surface area is 78.0 Å². The Balaban J connectivity index is 2.34. The molecule has 1 aliphatic rings. The number of amidine groups is 1. The van der Waals surface area contributed by atoms with E-state index in [1.807, 2.05) is 0 Å². The maximum absolute atomic E-state index is 4.94. The van der Waals surface area contributed by atoms with E-state index in [1.165, 1.54) is 0 Å². The van der Waals surface area contributed by atoms with E-state index in [-0.39, 0.29) is 0 Å². The lowest BCUT2D eigenvalue weighted by Crippen LogP contribution is -2.39. The van der Waals surface area contributed by atoms with Crippen LogP contribution in [-0.2, 0) is 4.74 Å². The van der Waals surface area contributed by atoms with Gasteiger partial charge in [-0.05, 0) is 0 Å². The van der Waals surface area contributed by atoms with Crippen LogP contribution in [0.1, 0.15) is 13.8 Å². The van der Waals surface area contributed by atoms with Crippen LogP contribution in [0.4, 0.5) is 0 Å². The summed E-state index contributed by atoms with van der Waals surface area (Å²) in [7, 11) is 1.69. The molecule has 1 heterocycles. The molecule has 0 saturated heterocycles. The molecule has 70 valence electrons. The van der Waals surface area contributed by atoms with Gasteiger partial charge in [-0.3, -0.25) is 4.99 Å². The highest BCUT2D eigenvalue weighted by Gasteiger charge is 2.21. The molecule has 0 aliphatic carbocycles. The number of thioether (sulfide) groups is 1. The van der Waals surface area contributed by atoms with Crippen molar-refractivity contribution in [3.05, 3.63) is 0 Å². The SMILES string of the molecule is COCSC1=NCC(C)(C)CN1. The van der Waals surface area contributed by atoms with Gasteiger partial charge in [-0.25, -0.2) is 0 Å². The lowest BCUT2D eigenvalue weighted by molar-refractivity contribution is 0.259. The van der Waals surface area contributed by atoms with Crippen molar-refractivity contribution in [2.24, 2.45) is 10.4 Å². The quantitative estimate of drug-likeness (QED) is 0.663. The molecule has 1 aliphatic heterocycles. The number of nitrogens with one attached hydrogen (secondary N) is 1. The van der Waals surface area contributed by atoms with E-state index in [1.54, 1.807) is 18.9 Å². The van der Waals surface area contributed by atoms with Gasteiger partial charge < -0.3 is 10.1 Å². The van der Waals surface area contributed by atoms with Gasteiger partial charge in [-0.15, -0.1) is 0 Å². The number of hydrogen-bond acceptors (Lipinski definition) is 4. The molecule has 3 nitrogen and oxygen atoms in total. The smallest absolute Gasteiger partial charge is 0.158 e. The third-order valence-corrected chi connectivity index (χ3v) is 2.58. The predicted molar refractivity (Wildman–Crippen MR) is 53.6 cm³/mol. The third kappa shape index (κ3) is 3.03. The summed E-state index contributed by atoms with van der Waals surface area (Å²) >= 11 is 1.61. The van der Waals surface area contributed by atoms with Gasteiger partial charge in [0.05, 0.1) is 5.94 Å². The average Bonchev–Trinajstić information content (AvgIpc) is 2.03. The van der Waals surface area contributed by atoms with Gasteiger partial charge in [0, 0.05) is 25.6 Å². The Morgan fingerprint density at radius 1 is 1.67 bits per heavy atom. The third-order valence-electron chi connectivity index (χ3n) is 1.68. The molecule has 12 heavy (non-hydrogen) atoms. The first-order valence-electron chi connectivity index (χ1n) is 4.04. The second kappa shape index (κ2) is 4.14. The zero-order valence-corrected chi connectivity index (χ0v) is 8.70. The molecule has 0 aromatic carbocycles. The van der Waals surface area contributed by atoms with Crippen molar-refractivity contribution >= 4 is 16.9 Å². The molecule has 0 bridgehead atoms. The van der Waals surface area contributed by atoms with E-state index in [2.05, 4.69) is 24.2 Å². The fourth-order valence-corrected chi connectivity index (χ4v) is 1.48. The van der Waals surface area contributed by atoms with Crippen LogP contribution in [0, 0.1) is 5.41 Å². The zero-order valence-electron chi connectivity index (χ0n) is 7.89. The minimum atomic E-state index is 0.303. The minimum Gasteiger partial charge on any atom is -0.374 e. The first kappa shape index (κ1) is 9.86. The number of nitrogens with zero attached hydrogens (tertiary/aromatic N) is 1. The van der Waals surface area contributed by atoms with Crippen molar-refractivity contribution < 1.29 is 4.74 Å². The largest absolute Gasteiger partial charge is 0.374 e. The van der Waals surface area contributed by atoms with Gasteiger partial charge in [0.15, 0.2) is 5.17 Å². The first-order valence-corrected chi connectivity index (χ1v) is 5.03. The van der Waals surface area contributed by atoms with Crippen LogP contribution in [0.3, 0.4) is 0 Å². The molecule has 0 radical (unpaired) electrons. The van der Waals surface area contributed by atoms with Gasteiger partial charge in [0.25, 0.3) is 0 Å². The highest BCUT2D eigenvalue weighted by molar-refractivity contribution is 8.13. The molecule has 4 heteroatoms. The van der Waals surface area contributed by atoms with Gasteiger partial charge in [-0.1, -0.05) is 25.6 Å². The van der Waals surface area contributed by atoms with Crippen molar-refractivity contribution in [3.63, 3.8) is 0 Å². The van der Waals surface area contributed by atoms with Gasteiger partial charge >= 0.3 is 0 Å².